The molecule has 0 radical (unpaired) electrons. The van der Waals surface area contributed by atoms with Crippen LogP contribution in [0.3, 0.4) is 0 Å². The quantitative estimate of drug-likeness (QED) is 0.652. The van der Waals surface area contributed by atoms with Crippen molar-refractivity contribution in [2.24, 2.45) is 0 Å². The Morgan fingerprint density at radius 3 is 2.73 bits per heavy atom. The summed E-state index contributed by atoms with van der Waals surface area (Å²) in [7, 11) is 0. The van der Waals surface area contributed by atoms with Crippen LogP contribution in [0.15, 0.2) is 30.3 Å². The van der Waals surface area contributed by atoms with E-state index in [-0.39, 0.29) is 0 Å². The molecule has 1 N–H and O–H groups in total. The summed E-state index contributed by atoms with van der Waals surface area (Å²) in [6, 6.07) is 7.75. The minimum absolute atomic E-state index is 0.917. The lowest BCUT2D eigenvalue weighted by atomic mass is 10.1. The molecular formula is C9H7BrO. The van der Waals surface area contributed by atoms with Crippen molar-refractivity contribution in [1.29, 1.82) is 0 Å². The van der Waals surface area contributed by atoms with Crippen LogP contribution in [-0.4, -0.2) is 5.11 Å². The van der Waals surface area contributed by atoms with Crippen LogP contribution in [0.4, 0.5) is 0 Å². The van der Waals surface area contributed by atoms with E-state index in [0.29, 0.717) is 0 Å². The Labute approximate surface area is 73.5 Å². The molecule has 56 valence electrons. The summed E-state index contributed by atoms with van der Waals surface area (Å²) in [5.74, 6) is 0. The van der Waals surface area contributed by atoms with E-state index >= 15 is 0 Å². The molecule has 0 amide bonds. The summed E-state index contributed by atoms with van der Waals surface area (Å²) in [6.07, 6.45) is 3.64. The van der Waals surface area contributed by atoms with Crippen LogP contribution < -0.4 is 0 Å². The normalized spacial score (nSPS) is 27.1. The first-order valence-electron chi connectivity index (χ1n) is 3.40. The Bertz CT molecular complexity index is 315. The van der Waals surface area contributed by atoms with Crippen LogP contribution in [-0.2, 0) is 4.51 Å². The van der Waals surface area contributed by atoms with E-state index in [1.165, 1.54) is 0 Å². The smallest absolute Gasteiger partial charge is 0.164 e. The van der Waals surface area contributed by atoms with Crippen molar-refractivity contribution in [3.05, 3.63) is 41.5 Å². The highest BCUT2D eigenvalue weighted by Crippen LogP contribution is 2.38. The average molecular weight is 211 g/mol. The molecule has 1 aromatic rings. The number of halogens is 1. The number of benzene rings is 1. The molecule has 0 aliphatic heterocycles. The Balaban J connectivity index is 2.64. The van der Waals surface area contributed by atoms with Gasteiger partial charge in [-0.05, 0) is 27.6 Å². The third-order valence-electron chi connectivity index (χ3n) is 1.82. The minimum Gasteiger partial charge on any atom is -0.371 e. The minimum atomic E-state index is -0.941. The van der Waals surface area contributed by atoms with Gasteiger partial charge in [0.25, 0.3) is 0 Å². The zero-order chi connectivity index (χ0) is 7.90. The molecule has 1 aromatic carbocycles. The van der Waals surface area contributed by atoms with Gasteiger partial charge in [-0.1, -0.05) is 30.3 Å². The van der Waals surface area contributed by atoms with Gasteiger partial charge in [0.15, 0.2) is 4.51 Å². The van der Waals surface area contributed by atoms with Gasteiger partial charge in [-0.25, -0.2) is 0 Å². The van der Waals surface area contributed by atoms with Crippen molar-refractivity contribution in [3.63, 3.8) is 0 Å². The SMILES string of the molecule is OC1(Br)C=Cc2ccccc21. The van der Waals surface area contributed by atoms with E-state index in [1.54, 1.807) is 6.08 Å². The molecule has 1 aliphatic carbocycles. The van der Waals surface area contributed by atoms with Gasteiger partial charge < -0.3 is 5.11 Å². The highest BCUT2D eigenvalue weighted by atomic mass is 79.9. The summed E-state index contributed by atoms with van der Waals surface area (Å²) in [4.78, 5) is 0. The molecule has 2 rings (SSSR count). The molecule has 0 heterocycles. The van der Waals surface area contributed by atoms with Crippen LogP contribution in [0.2, 0.25) is 0 Å². The third kappa shape index (κ3) is 1.03. The summed E-state index contributed by atoms with van der Waals surface area (Å²) >= 11 is 3.21. The van der Waals surface area contributed by atoms with Gasteiger partial charge in [0, 0.05) is 5.56 Å². The first-order valence-corrected chi connectivity index (χ1v) is 4.19. The summed E-state index contributed by atoms with van der Waals surface area (Å²) in [5.41, 5.74) is 1.99. The van der Waals surface area contributed by atoms with Gasteiger partial charge >= 0.3 is 0 Å². The maximum Gasteiger partial charge on any atom is 0.164 e. The fourth-order valence-electron chi connectivity index (χ4n) is 1.25. The number of alkyl halides is 1. The maximum atomic E-state index is 9.68. The zero-order valence-corrected chi connectivity index (χ0v) is 7.38. The predicted molar refractivity (Wildman–Crippen MR) is 48.3 cm³/mol. The topological polar surface area (TPSA) is 20.2 Å². The molecule has 0 fully saturated rings. The highest BCUT2D eigenvalue weighted by molar-refractivity contribution is 9.09. The van der Waals surface area contributed by atoms with Crippen molar-refractivity contribution < 1.29 is 5.11 Å². The predicted octanol–water partition coefficient (Wildman–Crippen LogP) is 2.25. The second-order valence-corrected chi connectivity index (χ2v) is 3.80. The number of rotatable bonds is 0. The lowest BCUT2D eigenvalue weighted by molar-refractivity contribution is 0.201. The van der Waals surface area contributed by atoms with Crippen molar-refractivity contribution in [3.8, 4) is 0 Å². The lowest BCUT2D eigenvalue weighted by Crippen LogP contribution is -2.10. The molecule has 0 saturated carbocycles. The molecule has 1 nitrogen and oxygen atoms in total. The van der Waals surface area contributed by atoms with E-state index in [9.17, 15) is 5.11 Å². The molecule has 11 heavy (non-hydrogen) atoms. The summed E-state index contributed by atoms with van der Waals surface area (Å²) in [6.45, 7) is 0. The largest absolute Gasteiger partial charge is 0.371 e. The van der Waals surface area contributed by atoms with Gasteiger partial charge in [-0.15, -0.1) is 0 Å². The fraction of sp³-hybridized carbons (Fsp3) is 0.111. The molecule has 1 unspecified atom stereocenters. The van der Waals surface area contributed by atoms with Gasteiger partial charge in [-0.3, -0.25) is 0 Å². The highest BCUT2D eigenvalue weighted by Gasteiger charge is 2.28. The van der Waals surface area contributed by atoms with Crippen molar-refractivity contribution in [1.82, 2.24) is 0 Å². The summed E-state index contributed by atoms with van der Waals surface area (Å²) in [5, 5.41) is 9.68. The third-order valence-corrected chi connectivity index (χ3v) is 2.51. The van der Waals surface area contributed by atoms with Crippen LogP contribution in [0.25, 0.3) is 6.08 Å². The Morgan fingerprint density at radius 1 is 1.27 bits per heavy atom. The molecule has 0 spiro atoms. The van der Waals surface area contributed by atoms with E-state index in [4.69, 9.17) is 0 Å². The number of hydrogen-bond acceptors (Lipinski definition) is 1. The Hall–Kier alpha value is -0.600. The Kier molecular flexibility index (Phi) is 1.41. The van der Waals surface area contributed by atoms with E-state index in [2.05, 4.69) is 15.9 Å². The second-order valence-electron chi connectivity index (χ2n) is 2.59. The van der Waals surface area contributed by atoms with Gasteiger partial charge in [0.05, 0.1) is 0 Å². The monoisotopic (exact) mass is 210 g/mol. The van der Waals surface area contributed by atoms with Crippen LogP contribution >= 0.6 is 15.9 Å². The molecule has 1 atom stereocenters. The number of aliphatic hydroxyl groups is 1. The molecular weight excluding hydrogens is 204 g/mol. The van der Waals surface area contributed by atoms with E-state index in [1.807, 2.05) is 30.3 Å². The summed E-state index contributed by atoms with van der Waals surface area (Å²) < 4.78 is -0.941. The van der Waals surface area contributed by atoms with Gasteiger partial charge in [-0.2, -0.15) is 0 Å². The molecule has 0 aromatic heterocycles. The molecule has 1 aliphatic rings. The fourth-order valence-corrected chi connectivity index (χ4v) is 1.74. The van der Waals surface area contributed by atoms with E-state index < -0.39 is 4.51 Å². The van der Waals surface area contributed by atoms with Gasteiger partial charge in [0.2, 0.25) is 0 Å². The van der Waals surface area contributed by atoms with Gasteiger partial charge in [0.1, 0.15) is 0 Å². The zero-order valence-electron chi connectivity index (χ0n) is 5.79. The number of hydrogen-bond donors (Lipinski definition) is 1. The molecule has 0 bridgehead atoms. The first kappa shape index (κ1) is 7.07. The number of fused-ring (bicyclic) bond motifs is 1. The van der Waals surface area contributed by atoms with Crippen LogP contribution in [0.1, 0.15) is 11.1 Å². The van der Waals surface area contributed by atoms with Crippen molar-refractivity contribution >= 4 is 22.0 Å². The first-order chi connectivity index (χ1) is 5.20. The maximum absolute atomic E-state index is 9.68. The standard InChI is InChI=1S/C9H7BrO/c10-9(11)6-5-7-3-1-2-4-8(7)9/h1-6,11H. The molecule has 2 heteroatoms. The van der Waals surface area contributed by atoms with Crippen molar-refractivity contribution in [2.75, 3.05) is 0 Å². The average Bonchev–Trinajstić information content (AvgIpc) is 2.29. The van der Waals surface area contributed by atoms with E-state index in [0.717, 1.165) is 11.1 Å². The van der Waals surface area contributed by atoms with Crippen LogP contribution in [0, 0.1) is 0 Å². The lowest BCUT2D eigenvalue weighted by Gasteiger charge is -2.13. The van der Waals surface area contributed by atoms with Crippen molar-refractivity contribution in [2.45, 2.75) is 4.51 Å². The van der Waals surface area contributed by atoms with Crippen LogP contribution in [0.5, 0.6) is 0 Å². The second kappa shape index (κ2) is 2.19. The Morgan fingerprint density at radius 2 is 2.00 bits per heavy atom. The molecule has 0 saturated heterocycles.